The summed E-state index contributed by atoms with van der Waals surface area (Å²) < 4.78 is 4.89. The molecule has 2 N–H and O–H groups in total. The van der Waals surface area contributed by atoms with E-state index in [-0.39, 0.29) is 11.6 Å². The van der Waals surface area contributed by atoms with Crippen molar-refractivity contribution in [1.29, 1.82) is 0 Å². The van der Waals surface area contributed by atoms with Crippen molar-refractivity contribution in [3.63, 3.8) is 0 Å². The Bertz CT molecular complexity index is 682. The van der Waals surface area contributed by atoms with Gasteiger partial charge in [0.2, 0.25) is 0 Å². The lowest BCUT2D eigenvalue weighted by molar-refractivity contribution is -0.384. The number of esters is 1. The molecule has 0 saturated heterocycles. The Morgan fingerprint density at radius 1 is 1.35 bits per heavy atom. The number of hydrogen-bond acceptors (Lipinski definition) is 5. The van der Waals surface area contributed by atoms with Crippen LogP contribution in [-0.4, -0.2) is 23.1 Å². The van der Waals surface area contributed by atoms with Crippen LogP contribution in [0, 0.1) is 16.0 Å². The van der Waals surface area contributed by atoms with Crippen molar-refractivity contribution >= 4 is 29.0 Å². The zero-order chi connectivity index (χ0) is 17.1. The van der Waals surface area contributed by atoms with Gasteiger partial charge < -0.3 is 15.4 Å². The van der Waals surface area contributed by atoms with Crippen molar-refractivity contribution in [2.75, 3.05) is 7.11 Å². The summed E-state index contributed by atoms with van der Waals surface area (Å²) in [5.41, 5.74) is 1.78. The molecule has 1 aliphatic rings. The van der Waals surface area contributed by atoms with Crippen molar-refractivity contribution in [3.8, 4) is 0 Å². The standard InChI is InChI=1S/C15H17N3O4S/c1-8(2)12-11(14(19)22-3)13(17-15(23)16-12)9-4-6-10(7-5-9)18(20)21/h4-8,13H,1-3H3,(H2,16,17,23)/t13-/m1/s1. The molecule has 0 fully saturated rings. The fourth-order valence-corrected chi connectivity index (χ4v) is 2.64. The number of ether oxygens (including phenoxy) is 1. The molecule has 1 aliphatic heterocycles. The average molecular weight is 335 g/mol. The minimum atomic E-state index is -0.519. The first-order valence-electron chi connectivity index (χ1n) is 6.99. The molecule has 122 valence electrons. The third kappa shape index (κ3) is 3.48. The van der Waals surface area contributed by atoms with Crippen molar-refractivity contribution in [2.45, 2.75) is 19.9 Å². The highest BCUT2D eigenvalue weighted by Gasteiger charge is 2.33. The van der Waals surface area contributed by atoms with Gasteiger partial charge in [0, 0.05) is 17.8 Å². The van der Waals surface area contributed by atoms with Crippen LogP contribution in [0.25, 0.3) is 0 Å². The van der Waals surface area contributed by atoms with E-state index in [1.807, 2.05) is 13.8 Å². The van der Waals surface area contributed by atoms with Crippen molar-refractivity contribution in [3.05, 3.63) is 51.2 Å². The maximum absolute atomic E-state index is 12.2. The largest absolute Gasteiger partial charge is 0.466 e. The van der Waals surface area contributed by atoms with E-state index >= 15 is 0 Å². The highest BCUT2D eigenvalue weighted by atomic mass is 32.1. The van der Waals surface area contributed by atoms with Gasteiger partial charge in [0.05, 0.1) is 23.6 Å². The highest BCUT2D eigenvalue weighted by molar-refractivity contribution is 7.80. The van der Waals surface area contributed by atoms with Crippen LogP contribution in [0.2, 0.25) is 0 Å². The molecule has 1 aromatic rings. The third-order valence-electron chi connectivity index (χ3n) is 3.52. The number of allylic oxidation sites excluding steroid dienone is 1. The molecule has 7 nitrogen and oxygen atoms in total. The summed E-state index contributed by atoms with van der Waals surface area (Å²) in [5, 5.41) is 17.2. The fourth-order valence-electron chi connectivity index (χ4n) is 2.42. The number of hydrogen-bond donors (Lipinski definition) is 2. The Balaban J connectivity index is 2.52. The lowest BCUT2D eigenvalue weighted by Gasteiger charge is -2.32. The van der Waals surface area contributed by atoms with E-state index in [0.29, 0.717) is 21.9 Å². The molecule has 0 bridgehead atoms. The Morgan fingerprint density at radius 2 is 1.96 bits per heavy atom. The van der Waals surface area contributed by atoms with E-state index in [9.17, 15) is 14.9 Å². The quantitative estimate of drug-likeness (QED) is 0.377. The molecular weight excluding hydrogens is 318 g/mol. The number of non-ortho nitro benzene ring substituents is 1. The number of carbonyl (C=O) groups is 1. The summed E-state index contributed by atoms with van der Waals surface area (Å²) in [6, 6.07) is 5.47. The molecule has 8 heteroatoms. The molecule has 0 spiro atoms. The van der Waals surface area contributed by atoms with Crippen LogP contribution < -0.4 is 10.6 Å². The maximum Gasteiger partial charge on any atom is 0.337 e. The number of benzene rings is 1. The topological polar surface area (TPSA) is 93.5 Å². The molecule has 0 radical (unpaired) electrons. The van der Waals surface area contributed by atoms with Gasteiger partial charge in [-0.2, -0.15) is 0 Å². The van der Waals surface area contributed by atoms with Gasteiger partial charge in [-0.05, 0) is 35.8 Å². The highest BCUT2D eigenvalue weighted by Crippen LogP contribution is 2.31. The van der Waals surface area contributed by atoms with Gasteiger partial charge in [-0.1, -0.05) is 13.8 Å². The molecule has 0 aliphatic carbocycles. The van der Waals surface area contributed by atoms with E-state index in [0.717, 1.165) is 0 Å². The van der Waals surface area contributed by atoms with Crippen LogP contribution >= 0.6 is 12.2 Å². The molecule has 2 rings (SSSR count). The van der Waals surface area contributed by atoms with Crippen LogP contribution in [0.5, 0.6) is 0 Å². The van der Waals surface area contributed by atoms with Crippen molar-refractivity contribution in [1.82, 2.24) is 10.6 Å². The Morgan fingerprint density at radius 3 is 2.43 bits per heavy atom. The van der Waals surface area contributed by atoms with Crippen LogP contribution in [0.3, 0.4) is 0 Å². The second-order valence-corrected chi connectivity index (χ2v) is 5.76. The van der Waals surface area contributed by atoms with E-state index < -0.39 is 16.9 Å². The number of nitrogens with zero attached hydrogens (tertiary/aromatic N) is 1. The Hall–Kier alpha value is -2.48. The third-order valence-corrected chi connectivity index (χ3v) is 3.74. The van der Waals surface area contributed by atoms with Crippen LogP contribution in [0.4, 0.5) is 5.69 Å². The van der Waals surface area contributed by atoms with Gasteiger partial charge in [0.1, 0.15) is 0 Å². The molecule has 0 unspecified atom stereocenters. The van der Waals surface area contributed by atoms with E-state index in [4.69, 9.17) is 17.0 Å². The van der Waals surface area contributed by atoms with Crippen LogP contribution in [0.15, 0.2) is 35.5 Å². The van der Waals surface area contributed by atoms with Crippen molar-refractivity contribution in [2.24, 2.45) is 5.92 Å². The van der Waals surface area contributed by atoms with Crippen LogP contribution in [-0.2, 0) is 9.53 Å². The lowest BCUT2D eigenvalue weighted by Crippen LogP contribution is -2.46. The first-order chi connectivity index (χ1) is 10.8. The molecule has 0 saturated carbocycles. The number of nitro groups is 1. The monoisotopic (exact) mass is 335 g/mol. The van der Waals surface area contributed by atoms with E-state index in [1.54, 1.807) is 12.1 Å². The first kappa shape index (κ1) is 16.9. The zero-order valence-electron chi connectivity index (χ0n) is 13.0. The number of rotatable bonds is 4. The van der Waals surface area contributed by atoms with Gasteiger partial charge >= 0.3 is 5.97 Å². The van der Waals surface area contributed by atoms with E-state index in [2.05, 4.69) is 10.6 Å². The summed E-state index contributed by atoms with van der Waals surface area (Å²) in [7, 11) is 1.31. The van der Waals surface area contributed by atoms with E-state index in [1.165, 1.54) is 19.2 Å². The summed E-state index contributed by atoms with van der Waals surface area (Å²) in [6.07, 6.45) is 0. The summed E-state index contributed by atoms with van der Waals surface area (Å²) in [6.45, 7) is 3.87. The van der Waals surface area contributed by atoms with Gasteiger partial charge in [0.15, 0.2) is 5.11 Å². The summed E-state index contributed by atoms with van der Waals surface area (Å²) in [5.74, 6) is -0.441. The molecule has 0 amide bonds. The SMILES string of the molecule is COC(=O)C1=C(C(C)C)NC(=S)N[C@@H]1c1ccc([N+](=O)[O-])cc1. The van der Waals surface area contributed by atoms with Gasteiger partial charge in [-0.25, -0.2) is 4.79 Å². The van der Waals surface area contributed by atoms with Gasteiger partial charge in [-0.15, -0.1) is 0 Å². The smallest absolute Gasteiger partial charge is 0.337 e. The minimum Gasteiger partial charge on any atom is -0.466 e. The first-order valence-corrected chi connectivity index (χ1v) is 7.40. The molecule has 23 heavy (non-hydrogen) atoms. The summed E-state index contributed by atoms with van der Waals surface area (Å²) >= 11 is 5.21. The molecule has 1 atom stereocenters. The zero-order valence-corrected chi connectivity index (χ0v) is 13.8. The van der Waals surface area contributed by atoms with Crippen molar-refractivity contribution < 1.29 is 14.5 Å². The second kappa shape index (κ2) is 6.74. The number of methoxy groups -OCH3 is 1. The predicted octanol–water partition coefficient (Wildman–Crippen LogP) is 2.20. The number of nitro benzene ring substituents is 1. The Labute approximate surface area is 138 Å². The number of carbonyl (C=O) groups excluding carboxylic acids is 1. The summed E-state index contributed by atoms with van der Waals surface area (Å²) in [4.78, 5) is 22.5. The molecule has 1 heterocycles. The molecular formula is C15H17N3O4S. The molecule has 0 aromatic heterocycles. The molecule has 1 aromatic carbocycles. The van der Waals surface area contributed by atoms with Gasteiger partial charge in [0.25, 0.3) is 5.69 Å². The average Bonchev–Trinajstić information content (AvgIpc) is 2.53. The number of thiocarbonyl (C=S) groups is 1. The lowest BCUT2D eigenvalue weighted by atomic mass is 9.91. The maximum atomic E-state index is 12.2. The van der Waals surface area contributed by atoms with Gasteiger partial charge in [-0.3, -0.25) is 10.1 Å². The normalized spacial score (nSPS) is 17.6. The fraction of sp³-hybridized carbons (Fsp3) is 0.333. The predicted molar refractivity (Wildman–Crippen MR) is 88.6 cm³/mol. The minimum absolute atomic E-state index is 0.0158. The second-order valence-electron chi connectivity index (χ2n) is 5.35. The number of nitrogens with one attached hydrogen (secondary N) is 2. The Kier molecular flexibility index (Phi) is 4.95. The van der Waals surface area contributed by atoms with Crippen LogP contribution in [0.1, 0.15) is 25.5 Å².